The summed E-state index contributed by atoms with van der Waals surface area (Å²) in [6.45, 7) is 0. The van der Waals surface area contributed by atoms with Crippen LogP contribution in [0.2, 0.25) is 0 Å². The van der Waals surface area contributed by atoms with Crippen LogP contribution >= 0.6 is 23.1 Å². The molecule has 3 aromatic rings. The fourth-order valence-corrected chi connectivity index (χ4v) is 3.96. The molecule has 1 aromatic heterocycles. The molecule has 20 heavy (non-hydrogen) atoms. The van der Waals surface area contributed by atoms with Crippen LogP contribution in [0.4, 0.5) is 0 Å². The van der Waals surface area contributed by atoms with Crippen molar-refractivity contribution in [3.63, 3.8) is 0 Å². The summed E-state index contributed by atoms with van der Waals surface area (Å²) in [4.78, 5) is 11.9. The van der Waals surface area contributed by atoms with Crippen LogP contribution in [-0.4, -0.2) is 11.1 Å². The van der Waals surface area contributed by atoms with Gasteiger partial charge in [0.2, 0.25) is 0 Å². The third-order valence-electron chi connectivity index (χ3n) is 3.06. The van der Waals surface area contributed by atoms with Crippen molar-refractivity contribution in [2.45, 2.75) is 10.6 Å². The molecular formula is C16H12O2S2. The number of thioether (sulfide) groups is 1. The Kier molecular flexibility index (Phi) is 3.76. The molecule has 0 amide bonds. The standard InChI is InChI=1S/C16H12O2S2/c17-16(18)11-5-7-13(8-6-11)19-9-12-10-20-15-4-2-1-3-14(12)15/h1-8,10H,9H2,(H,17,18). The number of aromatic carboxylic acids is 1. The molecule has 0 fully saturated rings. The summed E-state index contributed by atoms with van der Waals surface area (Å²) in [6, 6.07) is 15.4. The van der Waals surface area contributed by atoms with Crippen LogP contribution < -0.4 is 0 Å². The molecule has 1 N–H and O–H groups in total. The number of benzene rings is 2. The number of thiophene rings is 1. The number of carbonyl (C=O) groups is 1. The molecular weight excluding hydrogens is 288 g/mol. The van der Waals surface area contributed by atoms with Crippen molar-refractivity contribution in [2.24, 2.45) is 0 Å². The SMILES string of the molecule is O=C(O)c1ccc(SCc2csc3ccccc23)cc1. The van der Waals surface area contributed by atoms with Gasteiger partial charge in [-0.1, -0.05) is 18.2 Å². The molecule has 0 aliphatic heterocycles. The minimum absolute atomic E-state index is 0.329. The third-order valence-corrected chi connectivity index (χ3v) is 5.13. The molecule has 0 saturated carbocycles. The summed E-state index contributed by atoms with van der Waals surface area (Å²) in [7, 11) is 0. The maximum Gasteiger partial charge on any atom is 0.335 e. The number of hydrogen-bond donors (Lipinski definition) is 1. The first-order valence-electron chi connectivity index (χ1n) is 6.15. The van der Waals surface area contributed by atoms with Crippen molar-refractivity contribution < 1.29 is 9.90 Å². The number of rotatable bonds is 4. The van der Waals surface area contributed by atoms with Gasteiger partial charge in [-0.2, -0.15) is 0 Å². The lowest BCUT2D eigenvalue weighted by Crippen LogP contribution is -1.94. The van der Waals surface area contributed by atoms with Gasteiger partial charge in [0.05, 0.1) is 5.56 Å². The van der Waals surface area contributed by atoms with Gasteiger partial charge in [0.25, 0.3) is 0 Å². The highest BCUT2D eigenvalue weighted by molar-refractivity contribution is 7.98. The highest BCUT2D eigenvalue weighted by atomic mass is 32.2. The van der Waals surface area contributed by atoms with Crippen molar-refractivity contribution >= 4 is 39.2 Å². The zero-order chi connectivity index (χ0) is 13.9. The van der Waals surface area contributed by atoms with Crippen LogP contribution in [0.1, 0.15) is 15.9 Å². The Labute approximate surface area is 125 Å². The maximum absolute atomic E-state index is 10.8. The Morgan fingerprint density at radius 2 is 1.85 bits per heavy atom. The first kappa shape index (κ1) is 13.2. The number of hydrogen-bond acceptors (Lipinski definition) is 3. The van der Waals surface area contributed by atoms with Gasteiger partial charge in [-0.3, -0.25) is 0 Å². The quantitative estimate of drug-likeness (QED) is 0.697. The third kappa shape index (κ3) is 2.71. The fourth-order valence-electron chi connectivity index (χ4n) is 2.00. The fraction of sp³-hybridized carbons (Fsp3) is 0.0625. The highest BCUT2D eigenvalue weighted by Crippen LogP contribution is 2.31. The van der Waals surface area contributed by atoms with E-state index in [0.717, 1.165) is 10.6 Å². The van der Waals surface area contributed by atoms with Crippen LogP contribution in [0, 0.1) is 0 Å². The van der Waals surface area contributed by atoms with Gasteiger partial charge in [-0.15, -0.1) is 23.1 Å². The predicted molar refractivity (Wildman–Crippen MR) is 84.8 cm³/mol. The van der Waals surface area contributed by atoms with Gasteiger partial charge in [0.15, 0.2) is 0 Å². The summed E-state index contributed by atoms with van der Waals surface area (Å²) in [5.74, 6) is 0.0153. The van der Waals surface area contributed by atoms with Gasteiger partial charge in [0, 0.05) is 15.3 Å². The van der Waals surface area contributed by atoms with Crippen LogP contribution in [0.15, 0.2) is 58.8 Å². The van der Waals surface area contributed by atoms with E-state index in [-0.39, 0.29) is 0 Å². The second-order valence-electron chi connectivity index (χ2n) is 4.38. The lowest BCUT2D eigenvalue weighted by molar-refractivity contribution is 0.0697. The highest BCUT2D eigenvalue weighted by Gasteiger charge is 2.05. The molecule has 2 nitrogen and oxygen atoms in total. The molecule has 0 bridgehead atoms. The second kappa shape index (κ2) is 5.69. The average Bonchev–Trinajstić information content (AvgIpc) is 2.89. The summed E-state index contributed by atoms with van der Waals surface area (Å²) < 4.78 is 1.31. The molecule has 0 unspecified atom stereocenters. The molecule has 3 rings (SSSR count). The van der Waals surface area contributed by atoms with Gasteiger partial charge in [0.1, 0.15) is 0 Å². The Hall–Kier alpha value is -1.78. The number of fused-ring (bicyclic) bond motifs is 1. The van der Waals surface area contributed by atoms with Crippen molar-refractivity contribution in [3.8, 4) is 0 Å². The van der Waals surface area contributed by atoms with E-state index in [1.165, 1.54) is 15.6 Å². The smallest absolute Gasteiger partial charge is 0.335 e. The van der Waals surface area contributed by atoms with E-state index in [4.69, 9.17) is 5.11 Å². The van der Waals surface area contributed by atoms with Crippen molar-refractivity contribution in [1.29, 1.82) is 0 Å². The molecule has 0 radical (unpaired) electrons. The first-order valence-corrected chi connectivity index (χ1v) is 8.02. The molecule has 0 aliphatic rings. The van der Waals surface area contributed by atoms with E-state index >= 15 is 0 Å². The van der Waals surface area contributed by atoms with Gasteiger partial charge in [-0.05, 0) is 46.7 Å². The summed E-state index contributed by atoms with van der Waals surface area (Å²) >= 11 is 3.49. The van der Waals surface area contributed by atoms with Crippen LogP contribution in [0.3, 0.4) is 0 Å². The lowest BCUT2D eigenvalue weighted by Gasteiger charge is -2.02. The van der Waals surface area contributed by atoms with Gasteiger partial charge in [-0.25, -0.2) is 4.79 Å². The zero-order valence-corrected chi connectivity index (χ0v) is 12.2. The van der Waals surface area contributed by atoms with Crippen LogP contribution in [0.5, 0.6) is 0 Å². The van der Waals surface area contributed by atoms with Gasteiger partial charge >= 0.3 is 5.97 Å². The summed E-state index contributed by atoms with van der Waals surface area (Å²) in [6.07, 6.45) is 0. The normalized spacial score (nSPS) is 10.8. The average molecular weight is 300 g/mol. The number of carboxylic acid groups (broad SMARTS) is 1. The molecule has 0 spiro atoms. The predicted octanol–water partition coefficient (Wildman–Crippen LogP) is 4.89. The van der Waals surface area contributed by atoms with Crippen LogP contribution in [-0.2, 0) is 5.75 Å². The van der Waals surface area contributed by atoms with Gasteiger partial charge < -0.3 is 5.11 Å². The Morgan fingerprint density at radius 1 is 1.10 bits per heavy atom. The Balaban J connectivity index is 1.74. The molecule has 0 atom stereocenters. The monoisotopic (exact) mass is 300 g/mol. The molecule has 0 aliphatic carbocycles. The summed E-state index contributed by atoms with van der Waals surface area (Å²) in [5.41, 5.74) is 1.66. The van der Waals surface area contributed by atoms with E-state index in [1.807, 2.05) is 12.1 Å². The molecule has 4 heteroatoms. The topological polar surface area (TPSA) is 37.3 Å². The van der Waals surface area contributed by atoms with E-state index in [0.29, 0.717) is 5.56 Å². The largest absolute Gasteiger partial charge is 0.478 e. The summed E-state index contributed by atoms with van der Waals surface area (Å²) in [5, 5.41) is 12.4. The lowest BCUT2D eigenvalue weighted by atomic mass is 10.2. The van der Waals surface area contributed by atoms with E-state index < -0.39 is 5.97 Å². The van der Waals surface area contributed by atoms with E-state index in [1.54, 1.807) is 35.2 Å². The Bertz CT molecular complexity index is 745. The Morgan fingerprint density at radius 3 is 2.60 bits per heavy atom. The molecule has 1 heterocycles. The second-order valence-corrected chi connectivity index (χ2v) is 6.34. The minimum Gasteiger partial charge on any atom is -0.478 e. The first-order chi connectivity index (χ1) is 9.74. The van der Waals surface area contributed by atoms with Crippen molar-refractivity contribution in [1.82, 2.24) is 0 Å². The molecule has 100 valence electrons. The number of carboxylic acids is 1. The van der Waals surface area contributed by atoms with E-state index in [9.17, 15) is 4.79 Å². The molecule has 0 saturated heterocycles. The maximum atomic E-state index is 10.8. The zero-order valence-electron chi connectivity index (χ0n) is 10.6. The minimum atomic E-state index is -0.884. The van der Waals surface area contributed by atoms with E-state index in [2.05, 4.69) is 29.6 Å². The van der Waals surface area contributed by atoms with Crippen molar-refractivity contribution in [2.75, 3.05) is 0 Å². The van der Waals surface area contributed by atoms with Crippen LogP contribution in [0.25, 0.3) is 10.1 Å². The molecule has 2 aromatic carbocycles. The van der Waals surface area contributed by atoms with Crippen molar-refractivity contribution in [3.05, 3.63) is 65.0 Å².